The Labute approximate surface area is 195 Å². The standard InChI is InChI=1S/C25H35N3O5/c1-5-16(2)15-28-19(22-20(32-3)12-9-13-21(22)33-4)14-18(27-28)24(29)26-23(25(30)31)17-10-7-6-8-11-17/h9,12-14,16-17,23H,5-8,10-11,15H2,1-4H3,(H,26,29)(H,30,31). The molecule has 0 saturated heterocycles. The van der Waals surface area contributed by atoms with Crippen LogP contribution in [0.15, 0.2) is 24.3 Å². The van der Waals surface area contributed by atoms with Gasteiger partial charge in [0.1, 0.15) is 17.5 Å². The summed E-state index contributed by atoms with van der Waals surface area (Å²) in [6, 6.07) is 6.29. The van der Waals surface area contributed by atoms with Crippen molar-refractivity contribution < 1.29 is 24.2 Å². The number of amides is 1. The lowest BCUT2D eigenvalue weighted by Gasteiger charge is -2.27. The Morgan fingerprint density at radius 3 is 2.36 bits per heavy atom. The van der Waals surface area contributed by atoms with Gasteiger partial charge in [0, 0.05) is 6.54 Å². The minimum atomic E-state index is -0.999. The Kier molecular flexibility index (Phi) is 8.36. The van der Waals surface area contributed by atoms with Crippen LogP contribution in [0.25, 0.3) is 11.3 Å². The van der Waals surface area contributed by atoms with Gasteiger partial charge in [0.05, 0.1) is 25.5 Å². The number of aromatic nitrogens is 2. The molecular formula is C25H35N3O5. The van der Waals surface area contributed by atoms with Crippen molar-refractivity contribution in [2.24, 2.45) is 11.8 Å². The Balaban J connectivity index is 1.98. The average Bonchev–Trinajstić information content (AvgIpc) is 3.25. The first-order valence-corrected chi connectivity index (χ1v) is 11.7. The number of methoxy groups -OCH3 is 2. The molecule has 2 aromatic rings. The molecule has 0 aliphatic heterocycles. The molecule has 1 amide bonds. The summed E-state index contributed by atoms with van der Waals surface area (Å²) in [5.74, 6) is 0.00630. The molecule has 1 aromatic heterocycles. The number of aliphatic carboxylic acids is 1. The molecule has 1 fully saturated rings. The van der Waals surface area contributed by atoms with Crippen LogP contribution in [0.2, 0.25) is 0 Å². The summed E-state index contributed by atoms with van der Waals surface area (Å²) in [6.45, 7) is 4.83. The van der Waals surface area contributed by atoms with Crippen LogP contribution in [-0.4, -0.2) is 47.0 Å². The van der Waals surface area contributed by atoms with Crippen LogP contribution in [-0.2, 0) is 11.3 Å². The molecule has 0 radical (unpaired) electrons. The Morgan fingerprint density at radius 1 is 1.18 bits per heavy atom. The van der Waals surface area contributed by atoms with Gasteiger partial charge in [0.2, 0.25) is 0 Å². The minimum Gasteiger partial charge on any atom is -0.496 e. The van der Waals surface area contributed by atoms with Crippen molar-refractivity contribution in [2.75, 3.05) is 14.2 Å². The molecule has 1 saturated carbocycles. The molecule has 0 bridgehead atoms. The first-order chi connectivity index (χ1) is 15.9. The molecule has 8 nitrogen and oxygen atoms in total. The second kappa shape index (κ2) is 11.2. The number of rotatable bonds is 10. The van der Waals surface area contributed by atoms with Gasteiger partial charge in [0.25, 0.3) is 5.91 Å². The van der Waals surface area contributed by atoms with Gasteiger partial charge in [-0.3, -0.25) is 9.48 Å². The summed E-state index contributed by atoms with van der Waals surface area (Å²) in [5, 5.41) is 17.1. The van der Waals surface area contributed by atoms with Gasteiger partial charge < -0.3 is 19.9 Å². The van der Waals surface area contributed by atoms with Crippen molar-refractivity contribution >= 4 is 11.9 Å². The van der Waals surface area contributed by atoms with Crippen molar-refractivity contribution in [1.29, 1.82) is 0 Å². The van der Waals surface area contributed by atoms with E-state index in [0.717, 1.165) is 38.5 Å². The normalized spacial score (nSPS) is 16.1. The van der Waals surface area contributed by atoms with Crippen molar-refractivity contribution in [2.45, 2.75) is 65.0 Å². The molecule has 33 heavy (non-hydrogen) atoms. The number of hydrogen-bond acceptors (Lipinski definition) is 5. The molecule has 8 heteroatoms. The quantitative estimate of drug-likeness (QED) is 0.549. The van der Waals surface area contributed by atoms with Crippen LogP contribution >= 0.6 is 0 Å². The van der Waals surface area contributed by atoms with Crippen LogP contribution < -0.4 is 14.8 Å². The topological polar surface area (TPSA) is 103 Å². The molecule has 2 N–H and O–H groups in total. The third-order valence-corrected chi connectivity index (χ3v) is 6.55. The van der Waals surface area contributed by atoms with E-state index in [1.165, 1.54) is 0 Å². The number of carbonyl (C=O) groups excluding carboxylic acids is 1. The van der Waals surface area contributed by atoms with Gasteiger partial charge in [-0.2, -0.15) is 5.10 Å². The number of benzene rings is 1. The maximum absolute atomic E-state index is 13.2. The van der Waals surface area contributed by atoms with Gasteiger partial charge in [-0.15, -0.1) is 0 Å². The highest BCUT2D eigenvalue weighted by molar-refractivity contribution is 5.96. The SMILES string of the molecule is CCC(C)Cn1nc(C(=O)NC(C(=O)O)C2CCCCC2)cc1-c1c(OC)cccc1OC. The fourth-order valence-electron chi connectivity index (χ4n) is 4.46. The van der Waals surface area contributed by atoms with Crippen LogP contribution in [0.1, 0.15) is 62.9 Å². The summed E-state index contributed by atoms with van der Waals surface area (Å²) < 4.78 is 12.9. The zero-order chi connectivity index (χ0) is 24.0. The minimum absolute atomic E-state index is 0.0591. The van der Waals surface area contributed by atoms with Crippen molar-refractivity contribution in [3.8, 4) is 22.8 Å². The molecular weight excluding hydrogens is 422 g/mol. The van der Waals surface area contributed by atoms with Crippen molar-refractivity contribution in [3.05, 3.63) is 30.0 Å². The van der Waals surface area contributed by atoms with Crippen molar-refractivity contribution in [1.82, 2.24) is 15.1 Å². The second-order valence-corrected chi connectivity index (χ2v) is 8.84. The highest BCUT2D eigenvalue weighted by Crippen LogP contribution is 2.39. The number of ether oxygens (including phenoxy) is 2. The predicted molar refractivity (Wildman–Crippen MR) is 126 cm³/mol. The molecule has 1 aliphatic carbocycles. The summed E-state index contributed by atoms with van der Waals surface area (Å²) in [6.07, 6.45) is 5.66. The molecule has 3 rings (SSSR count). The van der Waals surface area contributed by atoms with E-state index in [4.69, 9.17) is 9.47 Å². The Morgan fingerprint density at radius 2 is 1.82 bits per heavy atom. The van der Waals surface area contributed by atoms with Gasteiger partial charge in [-0.25, -0.2) is 4.79 Å². The molecule has 1 aromatic carbocycles. The number of nitrogens with one attached hydrogen (secondary N) is 1. The monoisotopic (exact) mass is 457 g/mol. The number of carboxylic acids is 1. The maximum Gasteiger partial charge on any atom is 0.326 e. The first-order valence-electron chi connectivity index (χ1n) is 11.7. The van der Waals surface area contributed by atoms with Crippen LogP contribution in [0.3, 0.4) is 0 Å². The molecule has 0 spiro atoms. The third-order valence-electron chi connectivity index (χ3n) is 6.55. The lowest BCUT2D eigenvalue weighted by atomic mass is 9.84. The largest absolute Gasteiger partial charge is 0.496 e. The van der Waals surface area contributed by atoms with Crippen LogP contribution in [0, 0.1) is 11.8 Å². The smallest absolute Gasteiger partial charge is 0.326 e. The molecule has 180 valence electrons. The van der Waals surface area contributed by atoms with Gasteiger partial charge in [-0.1, -0.05) is 45.6 Å². The van der Waals surface area contributed by atoms with Gasteiger partial charge >= 0.3 is 5.97 Å². The molecule has 1 heterocycles. The van der Waals surface area contributed by atoms with Gasteiger partial charge in [-0.05, 0) is 42.9 Å². The van der Waals surface area contributed by atoms with Crippen LogP contribution in [0.4, 0.5) is 0 Å². The van der Waals surface area contributed by atoms with Crippen LogP contribution in [0.5, 0.6) is 11.5 Å². The van der Waals surface area contributed by atoms with E-state index in [0.29, 0.717) is 35.2 Å². The van der Waals surface area contributed by atoms with Gasteiger partial charge in [0.15, 0.2) is 5.69 Å². The van der Waals surface area contributed by atoms with E-state index < -0.39 is 17.9 Å². The van der Waals surface area contributed by atoms with E-state index in [9.17, 15) is 14.7 Å². The fraction of sp³-hybridized carbons (Fsp3) is 0.560. The Hall–Kier alpha value is -3.03. The lowest BCUT2D eigenvalue weighted by molar-refractivity contribution is -0.141. The summed E-state index contributed by atoms with van der Waals surface area (Å²) in [7, 11) is 3.17. The molecule has 1 aliphatic rings. The highest BCUT2D eigenvalue weighted by Gasteiger charge is 2.32. The summed E-state index contributed by atoms with van der Waals surface area (Å²) in [5.41, 5.74) is 1.59. The van der Waals surface area contributed by atoms with E-state index in [1.54, 1.807) is 25.0 Å². The molecule has 2 unspecified atom stereocenters. The van der Waals surface area contributed by atoms with Crippen molar-refractivity contribution in [3.63, 3.8) is 0 Å². The zero-order valence-corrected chi connectivity index (χ0v) is 20.0. The lowest BCUT2D eigenvalue weighted by Crippen LogP contribution is -2.46. The second-order valence-electron chi connectivity index (χ2n) is 8.84. The van der Waals surface area contributed by atoms with E-state index in [2.05, 4.69) is 24.3 Å². The number of carbonyl (C=O) groups is 2. The molecule has 2 atom stereocenters. The first kappa shape index (κ1) is 24.6. The summed E-state index contributed by atoms with van der Waals surface area (Å²) >= 11 is 0. The number of nitrogens with zero attached hydrogens (tertiary/aromatic N) is 2. The number of carboxylic acid groups (broad SMARTS) is 1. The highest BCUT2D eigenvalue weighted by atomic mass is 16.5. The predicted octanol–water partition coefficient (Wildman–Crippen LogP) is 4.38. The van der Waals surface area contributed by atoms with E-state index in [-0.39, 0.29) is 11.6 Å². The third kappa shape index (κ3) is 5.67. The number of hydrogen-bond donors (Lipinski definition) is 2. The maximum atomic E-state index is 13.2. The zero-order valence-electron chi connectivity index (χ0n) is 20.0. The average molecular weight is 458 g/mol. The van der Waals surface area contributed by atoms with E-state index in [1.807, 2.05) is 18.2 Å². The van der Waals surface area contributed by atoms with E-state index >= 15 is 0 Å². The Bertz CT molecular complexity index is 943. The fourth-order valence-corrected chi connectivity index (χ4v) is 4.46. The summed E-state index contributed by atoms with van der Waals surface area (Å²) in [4.78, 5) is 25.1.